The first-order chi connectivity index (χ1) is 7.22. The average Bonchev–Trinajstić information content (AvgIpc) is 2.42. The molecule has 0 fully saturated rings. The summed E-state index contributed by atoms with van der Waals surface area (Å²) in [5.41, 5.74) is 0.323. The van der Waals surface area contributed by atoms with Crippen molar-refractivity contribution in [3.05, 3.63) is 11.9 Å². The first-order valence-corrected chi connectivity index (χ1v) is 6.08. The molecule has 0 aromatic carbocycles. The molecule has 90 valence electrons. The van der Waals surface area contributed by atoms with Gasteiger partial charge in [-0.2, -0.15) is 0 Å². The molecule has 10 heteroatoms. The van der Waals surface area contributed by atoms with Gasteiger partial charge in [-0.15, -0.1) is 4.42 Å². The van der Waals surface area contributed by atoms with Crippen LogP contribution in [-0.4, -0.2) is 28.8 Å². The van der Waals surface area contributed by atoms with Crippen LogP contribution in [0.5, 0.6) is 0 Å². The van der Waals surface area contributed by atoms with Gasteiger partial charge >= 0.3 is 0 Å². The molecule has 0 radical (unpaired) electrons. The van der Waals surface area contributed by atoms with Crippen LogP contribution in [-0.2, 0) is 0 Å². The third-order valence-corrected chi connectivity index (χ3v) is 5.22. The molecule has 2 aliphatic rings. The summed E-state index contributed by atoms with van der Waals surface area (Å²) in [4.78, 5) is 4.10. The van der Waals surface area contributed by atoms with E-state index in [4.69, 9.17) is 70.1 Å². The topological polar surface area (TPSA) is 22.1 Å². The molecule has 16 heavy (non-hydrogen) atoms. The average molecular weight is 345 g/mol. The molecule has 2 aliphatic heterocycles. The highest BCUT2D eigenvalue weighted by Crippen LogP contribution is 2.53. The minimum atomic E-state index is -1.75. The van der Waals surface area contributed by atoms with E-state index in [1.807, 2.05) is 0 Å². The molecule has 0 aromatic rings. The second-order valence-corrected chi connectivity index (χ2v) is 5.96. The lowest BCUT2D eigenvalue weighted by Crippen LogP contribution is -2.60. The lowest BCUT2D eigenvalue weighted by Gasteiger charge is -2.46. The molecule has 0 spiro atoms. The van der Waals surface area contributed by atoms with Gasteiger partial charge in [0.05, 0.1) is 0 Å². The molecule has 2 rings (SSSR count). The second-order valence-electron chi connectivity index (χ2n) is 3.14. The highest BCUT2D eigenvalue weighted by Gasteiger charge is 2.60. The predicted molar refractivity (Wildman–Crippen MR) is 67.3 cm³/mol. The number of fused-ring (bicyclic) bond motifs is 1. The van der Waals surface area contributed by atoms with Gasteiger partial charge in [-0.1, -0.05) is 34.8 Å². The van der Waals surface area contributed by atoms with Crippen molar-refractivity contribution in [3.63, 3.8) is 0 Å². The maximum atomic E-state index is 6.27. The molecule has 0 bridgehead atoms. The smallest absolute Gasteiger partial charge is 0.242 e. The number of hydrogen-bond donors (Lipinski definition) is 0. The Balaban J connectivity index is 2.56. The zero-order valence-corrected chi connectivity index (χ0v) is 12.2. The normalized spacial score (nSPS) is 33.7. The fraction of sp³-hybridized carbons (Fsp3) is 0.500. The second kappa shape index (κ2) is 3.85. The van der Waals surface area contributed by atoms with E-state index in [0.29, 0.717) is 11.5 Å². The van der Waals surface area contributed by atoms with Crippen molar-refractivity contribution in [2.24, 2.45) is 4.99 Å². The third kappa shape index (κ3) is 1.52. The van der Waals surface area contributed by atoms with Gasteiger partial charge in [0.15, 0.2) is 0 Å². The predicted octanol–water partition coefficient (Wildman–Crippen LogP) is 3.62. The first-order valence-electron chi connectivity index (χ1n) is 3.94. The van der Waals surface area contributed by atoms with Crippen molar-refractivity contribution >= 4 is 76.0 Å². The molecule has 4 nitrogen and oxygen atoms in total. The first kappa shape index (κ1) is 13.1. The van der Waals surface area contributed by atoms with Crippen molar-refractivity contribution < 1.29 is 0 Å². The Kier molecular flexibility index (Phi) is 3.16. The lowest BCUT2D eigenvalue weighted by atomic mass is 10.3. The number of hydrogen-bond acceptors (Lipinski definition) is 4. The highest BCUT2D eigenvalue weighted by molar-refractivity contribution is 6.52. The van der Waals surface area contributed by atoms with Crippen LogP contribution in [0, 0.1) is 0 Å². The molecule has 0 N–H and O–H groups in total. The van der Waals surface area contributed by atoms with Gasteiger partial charge in [-0.3, -0.25) is 0 Å². The van der Waals surface area contributed by atoms with Gasteiger partial charge in [-0.25, -0.2) is 13.8 Å². The van der Waals surface area contributed by atoms with Crippen LogP contribution in [0.25, 0.3) is 0 Å². The number of alkyl halides is 3. The van der Waals surface area contributed by atoms with E-state index in [-0.39, 0.29) is 0 Å². The number of aliphatic imine (C=N–C) groups is 1. The van der Waals surface area contributed by atoms with Crippen LogP contribution in [0.2, 0.25) is 0 Å². The highest BCUT2D eigenvalue weighted by atomic mass is 35.5. The number of nitrogens with zero attached hydrogens (tertiary/aromatic N) is 4. The van der Waals surface area contributed by atoms with Crippen molar-refractivity contribution in [2.75, 3.05) is 0 Å². The van der Waals surface area contributed by atoms with Gasteiger partial charge in [0.1, 0.15) is 11.5 Å². The van der Waals surface area contributed by atoms with Crippen molar-refractivity contribution in [1.29, 1.82) is 0 Å². The Morgan fingerprint density at radius 1 is 1.19 bits per heavy atom. The van der Waals surface area contributed by atoms with E-state index in [1.165, 1.54) is 6.20 Å². The SMILES string of the molecule is CC1=NC2=CN(Cl)C(Cl)(Cl)N(Cl)C2(Cl)N1Cl. The van der Waals surface area contributed by atoms with Crippen molar-refractivity contribution in [3.8, 4) is 0 Å². The third-order valence-electron chi connectivity index (χ3n) is 2.14. The maximum Gasteiger partial charge on any atom is 0.280 e. The van der Waals surface area contributed by atoms with Crippen LogP contribution < -0.4 is 0 Å². The van der Waals surface area contributed by atoms with E-state index < -0.39 is 9.70 Å². The van der Waals surface area contributed by atoms with Gasteiger partial charge in [0.2, 0.25) is 5.12 Å². The van der Waals surface area contributed by atoms with Crippen LogP contribution in [0.1, 0.15) is 6.92 Å². The van der Waals surface area contributed by atoms with Crippen molar-refractivity contribution in [1.82, 2.24) is 13.3 Å². The fourth-order valence-corrected chi connectivity index (χ4v) is 2.79. The molecule has 0 saturated heterocycles. The van der Waals surface area contributed by atoms with Gasteiger partial charge in [0, 0.05) is 29.8 Å². The van der Waals surface area contributed by atoms with Crippen LogP contribution in [0.4, 0.5) is 0 Å². The van der Waals surface area contributed by atoms with Gasteiger partial charge in [0.25, 0.3) is 4.58 Å². The number of halogens is 6. The molecule has 0 aliphatic carbocycles. The zero-order valence-electron chi connectivity index (χ0n) is 7.63. The summed E-state index contributed by atoms with van der Waals surface area (Å²) in [6.07, 6.45) is 1.36. The number of rotatable bonds is 0. The van der Waals surface area contributed by atoms with E-state index in [2.05, 4.69) is 4.99 Å². The van der Waals surface area contributed by atoms with Gasteiger partial charge in [-0.05, 0) is 18.7 Å². The summed E-state index contributed by atoms with van der Waals surface area (Å²) in [5, 5.41) is -1.47. The molecule has 0 amide bonds. The summed E-state index contributed by atoms with van der Waals surface area (Å²) in [6, 6.07) is 0. The Bertz CT molecular complexity index is 394. The molecule has 0 aromatic heterocycles. The summed E-state index contributed by atoms with van der Waals surface area (Å²) in [7, 11) is 0. The standard InChI is InChI=1S/C6H4Cl6N4/c1-3-13-4-2-14(10)6(8,9)16(12)5(4,7)15(3)11/h2H,1H3. The van der Waals surface area contributed by atoms with Crippen LogP contribution >= 0.6 is 70.1 Å². The van der Waals surface area contributed by atoms with Crippen LogP contribution in [0.15, 0.2) is 16.9 Å². The molecule has 0 saturated carbocycles. The minimum Gasteiger partial charge on any atom is -0.242 e. The molecular weight excluding hydrogens is 341 g/mol. The van der Waals surface area contributed by atoms with Gasteiger partial charge < -0.3 is 0 Å². The number of amidine groups is 1. The Labute approximate surface area is 122 Å². The van der Waals surface area contributed by atoms with Crippen LogP contribution in [0.3, 0.4) is 0 Å². The fourth-order valence-electron chi connectivity index (χ4n) is 1.34. The van der Waals surface area contributed by atoms with E-state index in [9.17, 15) is 0 Å². The molecular formula is C6H4Cl6N4. The largest absolute Gasteiger partial charge is 0.280 e. The zero-order chi connectivity index (χ0) is 12.3. The summed E-state index contributed by atoms with van der Waals surface area (Å²) < 4.78 is 1.20. The molecule has 2 heterocycles. The van der Waals surface area contributed by atoms with Crippen molar-refractivity contribution in [2.45, 2.75) is 16.6 Å². The molecule has 1 atom stereocenters. The summed E-state index contributed by atoms with van der Waals surface area (Å²) in [6.45, 7) is 1.66. The lowest BCUT2D eigenvalue weighted by molar-refractivity contribution is 0.138. The summed E-state index contributed by atoms with van der Waals surface area (Å²) >= 11 is 35.9. The molecule has 1 unspecified atom stereocenters. The Morgan fingerprint density at radius 3 is 2.31 bits per heavy atom. The maximum absolute atomic E-state index is 6.27. The summed E-state index contributed by atoms with van der Waals surface area (Å²) in [5.74, 6) is 0.449. The minimum absolute atomic E-state index is 0.323. The monoisotopic (exact) mass is 342 g/mol. The Morgan fingerprint density at radius 2 is 1.75 bits per heavy atom. The van der Waals surface area contributed by atoms with E-state index in [1.54, 1.807) is 6.92 Å². The Hall–Kier alpha value is 0.710. The van der Waals surface area contributed by atoms with E-state index >= 15 is 0 Å². The quantitative estimate of drug-likeness (QED) is 0.380. The van der Waals surface area contributed by atoms with E-state index in [0.717, 1.165) is 13.3 Å².